The summed E-state index contributed by atoms with van der Waals surface area (Å²) in [5.41, 5.74) is 0. The molecule has 1 heterocycles. The normalized spacial score (nSPS) is 31.6. The fourth-order valence-electron chi connectivity index (χ4n) is 4.21. The van der Waals surface area contributed by atoms with Crippen LogP contribution in [-0.4, -0.2) is 41.3 Å². The van der Waals surface area contributed by atoms with Crippen molar-refractivity contribution < 1.29 is 9.59 Å². The molecule has 1 amide bonds. The second-order valence-electron chi connectivity index (χ2n) is 6.86. The first kappa shape index (κ1) is 16.5. The van der Waals surface area contributed by atoms with Gasteiger partial charge in [0, 0.05) is 12.1 Å². The second kappa shape index (κ2) is 7.39. The molecule has 1 saturated carbocycles. The predicted octanol–water partition coefficient (Wildman–Crippen LogP) is 2.51. The summed E-state index contributed by atoms with van der Waals surface area (Å²) >= 11 is 0. The number of carbonyl (C=O) groups excluding carboxylic acids is 2. The van der Waals surface area contributed by atoms with Gasteiger partial charge in [-0.05, 0) is 45.4 Å². The van der Waals surface area contributed by atoms with E-state index in [2.05, 4.69) is 24.1 Å². The van der Waals surface area contributed by atoms with Gasteiger partial charge in [0.05, 0.1) is 12.1 Å². The molecule has 0 radical (unpaired) electrons. The lowest BCUT2D eigenvalue weighted by atomic mass is 9.85. The van der Waals surface area contributed by atoms with Crippen LogP contribution in [0.1, 0.15) is 65.7 Å². The summed E-state index contributed by atoms with van der Waals surface area (Å²) < 4.78 is 0. The van der Waals surface area contributed by atoms with Crippen molar-refractivity contribution in [3.63, 3.8) is 0 Å². The van der Waals surface area contributed by atoms with E-state index in [1.807, 2.05) is 6.92 Å². The molecule has 0 unspecified atom stereocenters. The minimum atomic E-state index is -0.269. The number of hydrogen-bond acceptors (Lipinski definition) is 3. The number of likely N-dealkylation sites (tertiary alicyclic amines) is 1. The first-order valence-corrected chi connectivity index (χ1v) is 8.62. The average Bonchev–Trinajstić information content (AvgIpc) is 2.81. The summed E-state index contributed by atoms with van der Waals surface area (Å²) in [4.78, 5) is 26.0. The third kappa shape index (κ3) is 3.65. The number of fused-ring (bicyclic) bond motifs is 1. The maximum Gasteiger partial charge on any atom is 0.239 e. The van der Waals surface area contributed by atoms with Crippen LogP contribution >= 0.6 is 0 Å². The zero-order valence-electron chi connectivity index (χ0n) is 13.7. The molecule has 1 N–H and O–H groups in total. The van der Waals surface area contributed by atoms with Crippen molar-refractivity contribution in [1.29, 1.82) is 0 Å². The van der Waals surface area contributed by atoms with Crippen LogP contribution in [0.25, 0.3) is 0 Å². The van der Waals surface area contributed by atoms with E-state index in [9.17, 15) is 9.59 Å². The molecule has 0 aromatic heterocycles. The summed E-state index contributed by atoms with van der Waals surface area (Å²) in [5.74, 6) is 0.877. The molecule has 4 heteroatoms. The van der Waals surface area contributed by atoms with Gasteiger partial charge in [-0.25, -0.2) is 0 Å². The fourth-order valence-corrected chi connectivity index (χ4v) is 4.21. The Bertz CT molecular complexity index is 372. The highest BCUT2D eigenvalue weighted by molar-refractivity contribution is 5.83. The van der Waals surface area contributed by atoms with Crippen LogP contribution in [-0.2, 0) is 9.59 Å². The Morgan fingerprint density at radius 1 is 1.38 bits per heavy atom. The number of nitrogens with zero attached hydrogens (tertiary/aromatic N) is 1. The van der Waals surface area contributed by atoms with Gasteiger partial charge in [-0.15, -0.1) is 0 Å². The number of amides is 1. The van der Waals surface area contributed by atoms with E-state index in [1.165, 1.54) is 19.3 Å². The van der Waals surface area contributed by atoms with E-state index in [-0.39, 0.29) is 18.0 Å². The zero-order chi connectivity index (χ0) is 15.4. The van der Waals surface area contributed by atoms with Crippen LogP contribution in [0.4, 0.5) is 0 Å². The Hall–Kier alpha value is -0.900. The molecule has 0 aromatic carbocycles. The lowest BCUT2D eigenvalue weighted by Crippen LogP contribution is -2.52. The largest absolute Gasteiger partial charge is 0.335 e. The Balaban J connectivity index is 1.99. The molecule has 1 aliphatic carbocycles. The monoisotopic (exact) mass is 294 g/mol. The lowest BCUT2D eigenvalue weighted by molar-refractivity contribution is -0.136. The topological polar surface area (TPSA) is 49.4 Å². The highest BCUT2D eigenvalue weighted by Gasteiger charge is 2.43. The summed E-state index contributed by atoms with van der Waals surface area (Å²) in [6, 6.07) is 0.311. The Morgan fingerprint density at radius 3 is 2.76 bits per heavy atom. The number of aldehydes is 1. The van der Waals surface area contributed by atoms with Crippen molar-refractivity contribution >= 4 is 12.2 Å². The van der Waals surface area contributed by atoms with Crippen molar-refractivity contribution in [2.45, 2.75) is 89.9 Å². The van der Waals surface area contributed by atoms with Crippen LogP contribution in [0, 0.1) is 5.92 Å². The summed E-state index contributed by atoms with van der Waals surface area (Å²) in [6.45, 7) is 6.13. The minimum absolute atomic E-state index is 0.180. The molecule has 0 aromatic rings. The molecule has 1 aliphatic heterocycles. The molecule has 120 valence electrons. The minimum Gasteiger partial charge on any atom is -0.335 e. The first-order valence-electron chi connectivity index (χ1n) is 8.62. The smallest absolute Gasteiger partial charge is 0.239 e. The standard InChI is InChI=1S/C17H30N2O2/c1-4-7-15(11-20)18-13(3)17(21)19-12(2)10-14-8-5-6-9-16(14)19/h11-16,18H,4-10H2,1-3H3/t12-,13+,14+,15+,16+/m1/s1. The van der Waals surface area contributed by atoms with Gasteiger partial charge in [-0.1, -0.05) is 26.2 Å². The Labute approximate surface area is 128 Å². The third-order valence-electron chi connectivity index (χ3n) is 5.20. The second-order valence-corrected chi connectivity index (χ2v) is 6.86. The Morgan fingerprint density at radius 2 is 2.10 bits per heavy atom. The Kier molecular flexibility index (Phi) is 5.80. The molecule has 21 heavy (non-hydrogen) atoms. The zero-order valence-corrected chi connectivity index (χ0v) is 13.7. The molecule has 2 fully saturated rings. The van der Waals surface area contributed by atoms with Crippen LogP contribution < -0.4 is 5.32 Å². The van der Waals surface area contributed by atoms with Crippen molar-refractivity contribution in [3.8, 4) is 0 Å². The van der Waals surface area contributed by atoms with E-state index in [4.69, 9.17) is 0 Å². The van der Waals surface area contributed by atoms with E-state index in [0.717, 1.165) is 32.0 Å². The molecule has 5 atom stereocenters. The molecule has 0 spiro atoms. The molecular formula is C17H30N2O2. The van der Waals surface area contributed by atoms with Gasteiger partial charge in [-0.2, -0.15) is 0 Å². The van der Waals surface area contributed by atoms with Crippen LogP contribution in [0.3, 0.4) is 0 Å². The fraction of sp³-hybridized carbons (Fsp3) is 0.882. The van der Waals surface area contributed by atoms with Crippen molar-refractivity contribution in [1.82, 2.24) is 10.2 Å². The number of carbonyl (C=O) groups is 2. The summed E-state index contributed by atoms with van der Waals surface area (Å²) in [6.07, 6.45) is 8.80. The van der Waals surface area contributed by atoms with Crippen LogP contribution in [0.5, 0.6) is 0 Å². The molecule has 4 nitrogen and oxygen atoms in total. The molecule has 1 saturated heterocycles. The van der Waals surface area contributed by atoms with E-state index in [0.29, 0.717) is 18.0 Å². The SMILES string of the molecule is CCC[C@@H](C=O)N[C@@H](C)C(=O)N1[C@H](C)C[C@@H]2CCCC[C@@H]21. The molecule has 2 aliphatic rings. The van der Waals surface area contributed by atoms with Gasteiger partial charge in [0.1, 0.15) is 6.29 Å². The van der Waals surface area contributed by atoms with Crippen molar-refractivity contribution in [2.75, 3.05) is 0 Å². The van der Waals surface area contributed by atoms with E-state index >= 15 is 0 Å². The van der Waals surface area contributed by atoms with Crippen LogP contribution in [0.15, 0.2) is 0 Å². The van der Waals surface area contributed by atoms with Crippen LogP contribution in [0.2, 0.25) is 0 Å². The number of hydrogen-bond donors (Lipinski definition) is 1. The lowest BCUT2D eigenvalue weighted by Gasteiger charge is -2.35. The summed E-state index contributed by atoms with van der Waals surface area (Å²) in [7, 11) is 0. The number of nitrogens with one attached hydrogen (secondary N) is 1. The molecular weight excluding hydrogens is 264 g/mol. The maximum atomic E-state index is 12.8. The summed E-state index contributed by atoms with van der Waals surface area (Å²) in [5, 5.41) is 3.20. The van der Waals surface area contributed by atoms with Gasteiger partial charge < -0.3 is 9.69 Å². The average molecular weight is 294 g/mol. The van der Waals surface area contributed by atoms with E-state index in [1.54, 1.807) is 0 Å². The quantitative estimate of drug-likeness (QED) is 0.766. The van der Waals surface area contributed by atoms with Crippen molar-refractivity contribution in [2.24, 2.45) is 5.92 Å². The molecule has 2 rings (SSSR count). The maximum absolute atomic E-state index is 12.8. The predicted molar refractivity (Wildman–Crippen MR) is 84.0 cm³/mol. The highest BCUT2D eigenvalue weighted by Crippen LogP contribution is 2.39. The number of rotatable bonds is 6. The van der Waals surface area contributed by atoms with Gasteiger partial charge in [0.25, 0.3) is 0 Å². The van der Waals surface area contributed by atoms with Gasteiger partial charge in [0.15, 0.2) is 0 Å². The van der Waals surface area contributed by atoms with Crippen molar-refractivity contribution in [3.05, 3.63) is 0 Å². The third-order valence-corrected chi connectivity index (χ3v) is 5.20. The van der Waals surface area contributed by atoms with Gasteiger partial charge >= 0.3 is 0 Å². The highest BCUT2D eigenvalue weighted by atomic mass is 16.2. The van der Waals surface area contributed by atoms with E-state index < -0.39 is 0 Å². The first-order chi connectivity index (χ1) is 10.1. The molecule has 0 bridgehead atoms. The van der Waals surface area contributed by atoms with Gasteiger partial charge in [-0.3, -0.25) is 10.1 Å². The van der Waals surface area contributed by atoms with Gasteiger partial charge in [0.2, 0.25) is 5.91 Å².